The van der Waals surface area contributed by atoms with Crippen molar-refractivity contribution in [2.45, 2.75) is 11.6 Å². The van der Waals surface area contributed by atoms with Crippen molar-refractivity contribution >= 4 is 29.4 Å². The molecule has 0 radical (unpaired) electrons. The molecule has 8 heteroatoms. The quantitative estimate of drug-likeness (QED) is 0.516. The summed E-state index contributed by atoms with van der Waals surface area (Å²) in [5.41, 5.74) is 1.16. The predicted octanol–water partition coefficient (Wildman–Crippen LogP) is -0.347. The molecule has 0 aliphatic carbocycles. The summed E-state index contributed by atoms with van der Waals surface area (Å²) in [5, 5.41) is 16.3. The zero-order chi connectivity index (χ0) is 14.9. The van der Waals surface area contributed by atoms with Crippen LogP contribution in [0.2, 0.25) is 5.02 Å². The van der Waals surface area contributed by atoms with Crippen molar-refractivity contribution in [2.75, 3.05) is 18.8 Å². The molecular formula is C14H18Cl2N5S-. The lowest BCUT2D eigenvalue weighted by molar-refractivity contribution is -0.00000438. The van der Waals surface area contributed by atoms with Gasteiger partial charge in [0.25, 0.3) is 0 Å². The maximum Gasteiger partial charge on any atom is 0.209 e. The van der Waals surface area contributed by atoms with Crippen molar-refractivity contribution in [3.63, 3.8) is 0 Å². The number of rotatable bonds is 8. The first kappa shape index (κ1) is 19.0. The van der Waals surface area contributed by atoms with Gasteiger partial charge in [0.1, 0.15) is 0 Å². The van der Waals surface area contributed by atoms with Gasteiger partial charge in [0.05, 0.1) is 0 Å². The number of thioether (sulfide) groups is 1. The van der Waals surface area contributed by atoms with E-state index >= 15 is 0 Å². The molecule has 0 unspecified atom stereocenters. The van der Waals surface area contributed by atoms with Gasteiger partial charge in [-0.25, -0.2) is 4.68 Å². The zero-order valence-electron chi connectivity index (χ0n) is 12.2. The molecule has 0 bridgehead atoms. The molecule has 0 aliphatic heterocycles. The van der Waals surface area contributed by atoms with Crippen molar-refractivity contribution < 1.29 is 12.4 Å². The minimum Gasteiger partial charge on any atom is -1.00 e. The molecule has 1 aromatic heterocycles. The Morgan fingerprint density at radius 2 is 2.09 bits per heavy atom. The van der Waals surface area contributed by atoms with Gasteiger partial charge in [0, 0.05) is 24.4 Å². The predicted molar refractivity (Wildman–Crippen MR) is 87.5 cm³/mol. The first-order valence-corrected chi connectivity index (χ1v) is 8.10. The molecule has 1 heterocycles. The zero-order valence-corrected chi connectivity index (χ0v) is 14.6. The number of halogens is 2. The van der Waals surface area contributed by atoms with Crippen LogP contribution in [0.1, 0.15) is 12.0 Å². The van der Waals surface area contributed by atoms with Crippen LogP contribution in [-0.2, 0) is 7.05 Å². The minimum atomic E-state index is 0. The molecule has 0 fully saturated rings. The van der Waals surface area contributed by atoms with Crippen LogP contribution in [0.3, 0.4) is 0 Å². The van der Waals surface area contributed by atoms with Crippen LogP contribution < -0.4 is 17.7 Å². The fourth-order valence-electron chi connectivity index (χ4n) is 1.66. The van der Waals surface area contributed by atoms with Crippen LogP contribution in [0.4, 0.5) is 0 Å². The maximum absolute atomic E-state index is 5.84. The Morgan fingerprint density at radius 3 is 2.77 bits per heavy atom. The van der Waals surface area contributed by atoms with Gasteiger partial charge < -0.3 is 17.7 Å². The summed E-state index contributed by atoms with van der Waals surface area (Å²) in [4.78, 5) is 0. The van der Waals surface area contributed by atoms with E-state index in [-0.39, 0.29) is 12.4 Å². The van der Waals surface area contributed by atoms with Gasteiger partial charge >= 0.3 is 0 Å². The Bertz CT molecular complexity index is 571. The number of benzene rings is 1. The topological polar surface area (TPSA) is 55.6 Å². The van der Waals surface area contributed by atoms with Crippen LogP contribution in [-0.4, -0.2) is 39.0 Å². The Kier molecular flexibility index (Phi) is 9.15. The number of aromatic nitrogens is 4. The first-order chi connectivity index (χ1) is 10.3. The Balaban J connectivity index is 0.00000242. The van der Waals surface area contributed by atoms with Gasteiger partial charge in [-0.15, -0.1) is 5.10 Å². The lowest BCUT2D eigenvalue weighted by atomic mass is 10.2. The van der Waals surface area contributed by atoms with E-state index in [1.165, 1.54) is 0 Å². The van der Waals surface area contributed by atoms with E-state index in [0.717, 1.165) is 41.0 Å². The van der Waals surface area contributed by atoms with E-state index in [0.29, 0.717) is 0 Å². The van der Waals surface area contributed by atoms with Crippen LogP contribution in [0.15, 0.2) is 35.5 Å². The molecule has 0 spiro atoms. The summed E-state index contributed by atoms with van der Waals surface area (Å²) >= 11 is 7.51. The number of tetrazole rings is 1. The summed E-state index contributed by atoms with van der Waals surface area (Å²) in [6.07, 6.45) is 5.28. The highest BCUT2D eigenvalue weighted by atomic mass is 35.5. The smallest absolute Gasteiger partial charge is 0.209 e. The van der Waals surface area contributed by atoms with Gasteiger partial charge in [-0.3, -0.25) is 0 Å². The second-order valence-corrected chi connectivity index (χ2v) is 5.94. The summed E-state index contributed by atoms with van der Waals surface area (Å²) in [6.45, 7) is 1.84. The number of nitrogens with zero attached hydrogens (tertiary/aromatic N) is 4. The minimum absolute atomic E-state index is 0. The van der Waals surface area contributed by atoms with Crippen LogP contribution in [0.5, 0.6) is 0 Å². The Hall–Kier alpha value is -1.08. The highest BCUT2D eigenvalue weighted by Crippen LogP contribution is 2.12. The van der Waals surface area contributed by atoms with Crippen molar-refractivity contribution in [2.24, 2.45) is 7.05 Å². The summed E-state index contributed by atoms with van der Waals surface area (Å²) in [5.74, 6) is 1.00. The third-order valence-corrected chi connectivity index (χ3v) is 4.10. The number of aryl methyl sites for hydroxylation is 1. The van der Waals surface area contributed by atoms with Gasteiger partial charge in [0.15, 0.2) is 0 Å². The second kappa shape index (κ2) is 10.6. The standard InChI is InChI=1S/C14H18ClN5S.ClH/c1-20-14(17-18-19-20)21-11-3-10-16-9-2-4-12-5-7-13(15)8-6-12;/h2,4-8,16H,3,9-11H2,1H3;1H/p-1/b4-2+;. The summed E-state index contributed by atoms with van der Waals surface area (Å²) < 4.78 is 1.69. The van der Waals surface area contributed by atoms with Crippen LogP contribution in [0.25, 0.3) is 6.08 Å². The van der Waals surface area contributed by atoms with E-state index in [4.69, 9.17) is 11.6 Å². The molecule has 1 aromatic carbocycles. The fourth-order valence-corrected chi connectivity index (χ4v) is 2.57. The second-order valence-electron chi connectivity index (χ2n) is 4.45. The average molecular weight is 359 g/mol. The molecule has 2 rings (SSSR count). The number of nitrogens with one attached hydrogen (secondary N) is 1. The van der Waals surface area contributed by atoms with Gasteiger partial charge in [0.2, 0.25) is 5.16 Å². The molecule has 120 valence electrons. The van der Waals surface area contributed by atoms with E-state index in [2.05, 4.69) is 33.0 Å². The molecule has 0 amide bonds. The summed E-state index contributed by atoms with van der Waals surface area (Å²) in [7, 11) is 1.85. The van der Waals surface area contributed by atoms with E-state index in [9.17, 15) is 0 Å². The van der Waals surface area contributed by atoms with Gasteiger partial charge in [-0.05, 0) is 41.1 Å². The Labute approximate surface area is 145 Å². The third-order valence-electron chi connectivity index (χ3n) is 2.75. The molecular weight excluding hydrogens is 341 g/mol. The van der Waals surface area contributed by atoms with E-state index in [1.54, 1.807) is 16.4 Å². The number of hydrogen-bond acceptors (Lipinski definition) is 5. The molecule has 0 saturated heterocycles. The van der Waals surface area contributed by atoms with Crippen molar-refractivity contribution in [1.82, 2.24) is 25.5 Å². The molecule has 0 aliphatic rings. The van der Waals surface area contributed by atoms with Gasteiger partial charge in [-0.2, -0.15) is 0 Å². The van der Waals surface area contributed by atoms with Crippen molar-refractivity contribution in [3.8, 4) is 0 Å². The molecule has 2 aromatic rings. The largest absolute Gasteiger partial charge is 1.00 e. The average Bonchev–Trinajstić information content (AvgIpc) is 2.89. The molecule has 0 atom stereocenters. The molecule has 22 heavy (non-hydrogen) atoms. The lowest BCUT2D eigenvalue weighted by Crippen LogP contribution is -3.00. The fraction of sp³-hybridized carbons (Fsp3) is 0.357. The highest BCUT2D eigenvalue weighted by molar-refractivity contribution is 7.99. The normalized spacial score (nSPS) is 10.8. The maximum atomic E-state index is 5.84. The van der Waals surface area contributed by atoms with Crippen molar-refractivity contribution in [1.29, 1.82) is 0 Å². The van der Waals surface area contributed by atoms with Crippen molar-refractivity contribution in [3.05, 3.63) is 40.9 Å². The first-order valence-electron chi connectivity index (χ1n) is 6.73. The van der Waals surface area contributed by atoms with Crippen LogP contribution in [0, 0.1) is 0 Å². The molecule has 5 nitrogen and oxygen atoms in total. The van der Waals surface area contributed by atoms with E-state index in [1.807, 2.05) is 31.3 Å². The SMILES string of the molecule is Cn1nnnc1SCCCNC/C=C/c1ccc(Cl)cc1.[Cl-]. The van der Waals surface area contributed by atoms with Crippen LogP contribution >= 0.6 is 23.4 Å². The molecule has 0 saturated carbocycles. The third kappa shape index (κ3) is 6.79. The highest BCUT2D eigenvalue weighted by Gasteiger charge is 2.01. The van der Waals surface area contributed by atoms with E-state index < -0.39 is 0 Å². The summed E-state index contributed by atoms with van der Waals surface area (Å²) in [6, 6.07) is 7.80. The molecule has 1 N–H and O–H groups in total. The monoisotopic (exact) mass is 358 g/mol. The van der Waals surface area contributed by atoms with Gasteiger partial charge in [-0.1, -0.05) is 47.6 Å². The number of hydrogen-bond donors (Lipinski definition) is 1. The lowest BCUT2D eigenvalue weighted by Gasteiger charge is -2.01. The Morgan fingerprint density at radius 1 is 1.32 bits per heavy atom.